The van der Waals surface area contributed by atoms with Crippen molar-refractivity contribution >= 4 is 0 Å². The SMILES string of the molecule is CC(C)(N)C(C)(C)CCCCN.CCCCCC. The maximum atomic E-state index is 6.06. The van der Waals surface area contributed by atoms with Crippen LogP contribution in [0.25, 0.3) is 0 Å². The minimum absolute atomic E-state index is 0.0956. The third kappa shape index (κ3) is 11.0. The van der Waals surface area contributed by atoms with Gasteiger partial charge in [-0.25, -0.2) is 0 Å². The first-order valence-electron chi connectivity index (χ1n) is 7.71. The molecule has 18 heavy (non-hydrogen) atoms. The summed E-state index contributed by atoms with van der Waals surface area (Å²) in [6.45, 7) is 13.9. The van der Waals surface area contributed by atoms with Crippen LogP contribution in [0.3, 0.4) is 0 Å². The van der Waals surface area contributed by atoms with E-state index in [1.807, 2.05) is 0 Å². The zero-order valence-electron chi connectivity index (χ0n) is 13.8. The Bertz CT molecular complexity index is 164. The monoisotopic (exact) mass is 258 g/mol. The summed E-state index contributed by atoms with van der Waals surface area (Å²) < 4.78 is 0. The van der Waals surface area contributed by atoms with Gasteiger partial charge in [-0.1, -0.05) is 59.8 Å². The van der Waals surface area contributed by atoms with Crippen molar-refractivity contribution in [3.63, 3.8) is 0 Å². The molecule has 0 radical (unpaired) electrons. The Hall–Kier alpha value is -0.0800. The van der Waals surface area contributed by atoms with Crippen molar-refractivity contribution in [2.75, 3.05) is 6.54 Å². The summed E-state index contributed by atoms with van der Waals surface area (Å²) in [6, 6.07) is 0. The number of nitrogens with two attached hydrogens (primary N) is 2. The van der Waals surface area contributed by atoms with Crippen LogP contribution in [0.5, 0.6) is 0 Å². The highest BCUT2D eigenvalue weighted by molar-refractivity contribution is 4.89. The number of rotatable bonds is 8. The average molecular weight is 258 g/mol. The minimum atomic E-state index is -0.0956. The van der Waals surface area contributed by atoms with Gasteiger partial charge in [0, 0.05) is 5.54 Å². The van der Waals surface area contributed by atoms with Gasteiger partial charge in [0.1, 0.15) is 0 Å². The molecular formula is C16H38N2. The quantitative estimate of drug-likeness (QED) is 0.631. The zero-order valence-corrected chi connectivity index (χ0v) is 13.8. The molecule has 0 aliphatic carbocycles. The molecule has 0 rings (SSSR count). The summed E-state index contributed by atoms with van der Waals surface area (Å²) in [5, 5.41) is 0. The van der Waals surface area contributed by atoms with Crippen molar-refractivity contribution < 1.29 is 0 Å². The number of hydrogen-bond acceptors (Lipinski definition) is 2. The van der Waals surface area contributed by atoms with Crippen molar-refractivity contribution in [1.29, 1.82) is 0 Å². The van der Waals surface area contributed by atoms with Gasteiger partial charge in [-0.05, 0) is 38.6 Å². The normalized spacial score (nSPS) is 12.0. The first-order chi connectivity index (χ1) is 8.22. The van der Waals surface area contributed by atoms with Crippen molar-refractivity contribution in [2.45, 2.75) is 92.0 Å². The largest absolute Gasteiger partial charge is 0.330 e. The average Bonchev–Trinajstić information content (AvgIpc) is 2.26. The van der Waals surface area contributed by atoms with Gasteiger partial charge < -0.3 is 11.5 Å². The van der Waals surface area contributed by atoms with Crippen molar-refractivity contribution in [3.8, 4) is 0 Å². The zero-order chi connectivity index (χ0) is 14.7. The molecule has 0 spiro atoms. The van der Waals surface area contributed by atoms with Crippen LogP contribution in [0.15, 0.2) is 0 Å². The van der Waals surface area contributed by atoms with Crippen molar-refractivity contribution in [2.24, 2.45) is 16.9 Å². The fourth-order valence-corrected chi connectivity index (χ4v) is 1.53. The lowest BCUT2D eigenvalue weighted by Gasteiger charge is -2.38. The lowest BCUT2D eigenvalue weighted by Crippen LogP contribution is -2.47. The fraction of sp³-hybridized carbons (Fsp3) is 1.00. The van der Waals surface area contributed by atoms with E-state index >= 15 is 0 Å². The van der Waals surface area contributed by atoms with Crippen LogP contribution in [-0.2, 0) is 0 Å². The molecular weight excluding hydrogens is 220 g/mol. The molecule has 0 aromatic heterocycles. The summed E-state index contributed by atoms with van der Waals surface area (Å²) in [4.78, 5) is 0. The third-order valence-corrected chi connectivity index (χ3v) is 3.96. The molecule has 0 aliphatic heterocycles. The summed E-state index contributed by atoms with van der Waals surface area (Å²) in [5.74, 6) is 0. The highest BCUT2D eigenvalue weighted by Gasteiger charge is 2.32. The molecule has 0 saturated heterocycles. The standard InChI is InChI=1S/C10H24N2.C6H14/c1-9(2,10(3,4)12)7-5-6-8-11;1-3-5-6-4-2/h5-8,11-12H2,1-4H3;3-6H2,1-2H3. The van der Waals surface area contributed by atoms with E-state index in [0.29, 0.717) is 0 Å². The van der Waals surface area contributed by atoms with Gasteiger partial charge in [0.15, 0.2) is 0 Å². The molecule has 0 bridgehead atoms. The molecule has 0 heterocycles. The lowest BCUT2D eigenvalue weighted by atomic mass is 9.72. The summed E-state index contributed by atoms with van der Waals surface area (Å²) in [6.07, 6.45) is 8.99. The molecule has 0 aromatic rings. The summed E-state index contributed by atoms with van der Waals surface area (Å²) in [7, 11) is 0. The molecule has 2 nitrogen and oxygen atoms in total. The van der Waals surface area contributed by atoms with E-state index in [9.17, 15) is 0 Å². The van der Waals surface area contributed by atoms with Crippen molar-refractivity contribution in [1.82, 2.24) is 0 Å². The van der Waals surface area contributed by atoms with Gasteiger partial charge in [0.25, 0.3) is 0 Å². The van der Waals surface area contributed by atoms with E-state index in [4.69, 9.17) is 11.5 Å². The molecule has 112 valence electrons. The van der Waals surface area contributed by atoms with Crippen LogP contribution in [-0.4, -0.2) is 12.1 Å². The first-order valence-corrected chi connectivity index (χ1v) is 7.71. The van der Waals surface area contributed by atoms with Gasteiger partial charge in [0.2, 0.25) is 0 Å². The molecule has 0 atom stereocenters. The van der Waals surface area contributed by atoms with E-state index in [0.717, 1.165) is 19.4 Å². The van der Waals surface area contributed by atoms with Crippen LogP contribution in [0.4, 0.5) is 0 Å². The predicted molar refractivity (Wildman–Crippen MR) is 84.8 cm³/mol. The van der Waals surface area contributed by atoms with Crippen LogP contribution < -0.4 is 11.5 Å². The fourth-order valence-electron chi connectivity index (χ4n) is 1.53. The molecule has 0 saturated carbocycles. The Morgan fingerprint density at radius 2 is 1.22 bits per heavy atom. The van der Waals surface area contributed by atoms with Crippen LogP contribution in [0, 0.1) is 5.41 Å². The second-order valence-electron chi connectivity index (χ2n) is 6.56. The van der Waals surface area contributed by atoms with Crippen LogP contribution in [0.1, 0.15) is 86.5 Å². The van der Waals surface area contributed by atoms with E-state index in [1.54, 1.807) is 0 Å². The van der Waals surface area contributed by atoms with Gasteiger partial charge in [0.05, 0.1) is 0 Å². The highest BCUT2D eigenvalue weighted by atomic mass is 14.7. The Labute approximate surface area is 116 Å². The highest BCUT2D eigenvalue weighted by Crippen LogP contribution is 2.33. The Balaban J connectivity index is 0. The molecule has 0 amide bonds. The van der Waals surface area contributed by atoms with Gasteiger partial charge in [-0.3, -0.25) is 0 Å². The van der Waals surface area contributed by atoms with E-state index in [1.165, 1.54) is 32.1 Å². The number of unbranched alkanes of at least 4 members (excludes halogenated alkanes) is 4. The smallest absolute Gasteiger partial charge is 0.0148 e. The predicted octanol–water partition coefficient (Wildman–Crippen LogP) is 4.47. The van der Waals surface area contributed by atoms with Gasteiger partial charge in [-0.2, -0.15) is 0 Å². The van der Waals surface area contributed by atoms with E-state index < -0.39 is 0 Å². The molecule has 0 aromatic carbocycles. The summed E-state index contributed by atoms with van der Waals surface area (Å²) >= 11 is 0. The van der Waals surface area contributed by atoms with Crippen molar-refractivity contribution in [3.05, 3.63) is 0 Å². The third-order valence-electron chi connectivity index (χ3n) is 3.96. The molecule has 2 heteroatoms. The Morgan fingerprint density at radius 3 is 1.50 bits per heavy atom. The second kappa shape index (κ2) is 10.8. The molecule has 0 unspecified atom stereocenters. The Kier molecular flexibility index (Phi) is 12.2. The molecule has 0 fully saturated rings. The minimum Gasteiger partial charge on any atom is -0.330 e. The second-order valence-corrected chi connectivity index (χ2v) is 6.56. The van der Waals surface area contributed by atoms with E-state index in [2.05, 4.69) is 41.5 Å². The van der Waals surface area contributed by atoms with Gasteiger partial charge in [-0.15, -0.1) is 0 Å². The molecule has 4 N–H and O–H groups in total. The maximum Gasteiger partial charge on any atom is 0.0148 e. The maximum absolute atomic E-state index is 6.06. The summed E-state index contributed by atoms with van der Waals surface area (Å²) in [5.41, 5.74) is 11.6. The molecule has 0 aliphatic rings. The van der Waals surface area contributed by atoms with Gasteiger partial charge >= 0.3 is 0 Å². The van der Waals surface area contributed by atoms with Crippen LogP contribution >= 0.6 is 0 Å². The lowest BCUT2D eigenvalue weighted by molar-refractivity contribution is 0.181. The van der Waals surface area contributed by atoms with E-state index in [-0.39, 0.29) is 11.0 Å². The first kappa shape index (κ1) is 20.2. The van der Waals surface area contributed by atoms with Crippen LogP contribution in [0.2, 0.25) is 0 Å². The topological polar surface area (TPSA) is 52.0 Å². The number of hydrogen-bond donors (Lipinski definition) is 2. The Morgan fingerprint density at radius 1 is 0.778 bits per heavy atom.